The number of benzene rings is 1. The van der Waals surface area contributed by atoms with E-state index in [1.165, 1.54) is 19.4 Å². The lowest BCUT2D eigenvalue weighted by atomic mass is 10.1. The predicted octanol–water partition coefficient (Wildman–Crippen LogP) is 2.12. The molecular weight excluding hydrogens is 322 g/mol. The Morgan fingerprint density at radius 3 is 2.76 bits per heavy atom. The first-order valence-corrected chi connectivity index (χ1v) is 8.28. The summed E-state index contributed by atoms with van der Waals surface area (Å²) in [5.41, 5.74) is 0.776. The molecule has 1 saturated heterocycles. The number of carbonyl (C=O) groups excluding carboxylic acids is 1. The smallest absolute Gasteiger partial charge is 0.290 e. The molecule has 1 fully saturated rings. The molecule has 1 aliphatic heterocycles. The Kier molecular flexibility index (Phi) is 5.50. The van der Waals surface area contributed by atoms with Gasteiger partial charge in [-0.05, 0) is 18.4 Å². The van der Waals surface area contributed by atoms with Gasteiger partial charge in [0.15, 0.2) is 5.76 Å². The van der Waals surface area contributed by atoms with Gasteiger partial charge in [0.25, 0.3) is 5.91 Å². The van der Waals surface area contributed by atoms with Gasteiger partial charge in [-0.3, -0.25) is 9.59 Å². The van der Waals surface area contributed by atoms with Crippen LogP contribution in [0.2, 0.25) is 0 Å². The summed E-state index contributed by atoms with van der Waals surface area (Å²) in [5.74, 6) is -0.200. The minimum atomic E-state index is -0.372. The molecule has 0 spiro atoms. The van der Waals surface area contributed by atoms with Crippen LogP contribution in [0.5, 0.6) is 5.75 Å². The summed E-state index contributed by atoms with van der Waals surface area (Å²) < 4.78 is 15.7. The summed E-state index contributed by atoms with van der Waals surface area (Å²) >= 11 is 0. The fourth-order valence-electron chi connectivity index (χ4n) is 2.91. The molecule has 1 aromatic carbocycles. The SMILES string of the molecule is COc1coc(C(=O)N(CCc2ccccc2)C2CCOC2)cc1=O. The monoisotopic (exact) mass is 343 g/mol. The minimum Gasteiger partial charge on any atom is -0.490 e. The summed E-state index contributed by atoms with van der Waals surface area (Å²) in [5, 5.41) is 0. The van der Waals surface area contributed by atoms with Gasteiger partial charge in [0.2, 0.25) is 11.2 Å². The second-order valence-electron chi connectivity index (χ2n) is 5.93. The van der Waals surface area contributed by atoms with Crippen LogP contribution >= 0.6 is 0 Å². The van der Waals surface area contributed by atoms with Gasteiger partial charge in [-0.2, -0.15) is 0 Å². The number of methoxy groups -OCH3 is 1. The summed E-state index contributed by atoms with van der Waals surface area (Å²) in [7, 11) is 1.38. The Labute approximate surface area is 146 Å². The number of hydrogen-bond donors (Lipinski definition) is 0. The molecule has 0 saturated carbocycles. The number of rotatable bonds is 6. The van der Waals surface area contributed by atoms with Gasteiger partial charge in [0, 0.05) is 19.2 Å². The first-order chi connectivity index (χ1) is 12.2. The first-order valence-electron chi connectivity index (χ1n) is 8.28. The van der Waals surface area contributed by atoms with Crippen LogP contribution in [0.4, 0.5) is 0 Å². The van der Waals surface area contributed by atoms with E-state index in [1.807, 2.05) is 30.3 Å². The van der Waals surface area contributed by atoms with Crippen molar-refractivity contribution in [2.75, 3.05) is 26.9 Å². The average molecular weight is 343 g/mol. The molecule has 1 unspecified atom stereocenters. The molecule has 0 N–H and O–H groups in total. The van der Waals surface area contributed by atoms with Gasteiger partial charge in [0.1, 0.15) is 6.26 Å². The van der Waals surface area contributed by atoms with Crippen LogP contribution in [0.3, 0.4) is 0 Å². The quantitative estimate of drug-likeness (QED) is 0.804. The number of amides is 1. The number of carbonyl (C=O) groups is 1. The van der Waals surface area contributed by atoms with Crippen LogP contribution in [0.15, 0.2) is 51.9 Å². The lowest BCUT2D eigenvalue weighted by Gasteiger charge is -2.27. The van der Waals surface area contributed by atoms with Gasteiger partial charge in [-0.1, -0.05) is 30.3 Å². The van der Waals surface area contributed by atoms with Crippen molar-refractivity contribution in [2.24, 2.45) is 0 Å². The van der Waals surface area contributed by atoms with Gasteiger partial charge >= 0.3 is 0 Å². The maximum Gasteiger partial charge on any atom is 0.290 e. The van der Waals surface area contributed by atoms with Crippen molar-refractivity contribution < 1.29 is 18.7 Å². The molecule has 2 aromatic rings. The van der Waals surface area contributed by atoms with Crippen LogP contribution in [-0.4, -0.2) is 43.7 Å². The van der Waals surface area contributed by atoms with Crippen LogP contribution in [-0.2, 0) is 11.2 Å². The molecule has 1 amide bonds. The maximum atomic E-state index is 12.9. The molecule has 25 heavy (non-hydrogen) atoms. The second kappa shape index (κ2) is 7.98. The van der Waals surface area contributed by atoms with Gasteiger partial charge in [-0.25, -0.2) is 0 Å². The molecule has 1 atom stereocenters. The maximum absolute atomic E-state index is 12.9. The highest BCUT2D eigenvalue weighted by Gasteiger charge is 2.29. The van der Waals surface area contributed by atoms with Crippen molar-refractivity contribution in [3.8, 4) is 5.75 Å². The van der Waals surface area contributed by atoms with E-state index < -0.39 is 0 Å². The molecule has 2 heterocycles. The topological polar surface area (TPSA) is 69.0 Å². The van der Waals surface area contributed by atoms with Gasteiger partial charge < -0.3 is 18.8 Å². The van der Waals surface area contributed by atoms with E-state index in [9.17, 15) is 9.59 Å². The van der Waals surface area contributed by atoms with Crippen molar-refractivity contribution in [2.45, 2.75) is 18.9 Å². The largest absolute Gasteiger partial charge is 0.490 e. The molecule has 6 nitrogen and oxygen atoms in total. The standard InChI is InChI=1S/C19H21NO5/c1-23-18-13-25-17(11-16(18)21)19(22)20(15-8-10-24-12-15)9-7-14-5-3-2-4-6-14/h2-6,11,13,15H,7-10,12H2,1H3. The van der Waals surface area contributed by atoms with E-state index in [4.69, 9.17) is 13.9 Å². The van der Waals surface area contributed by atoms with E-state index in [2.05, 4.69) is 0 Å². The zero-order chi connectivity index (χ0) is 17.6. The first kappa shape index (κ1) is 17.2. The molecule has 6 heteroatoms. The number of ether oxygens (including phenoxy) is 2. The lowest BCUT2D eigenvalue weighted by Crippen LogP contribution is -2.42. The van der Waals surface area contributed by atoms with Crippen molar-refractivity contribution in [1.82, 2.24) is 4.90 Å². The van der Waals surface area contributed by atoms with Crippen LogP contribution < -0.4 is 10.2 Å². The summed E-state index contributed by atoms with van der Waals surface area (Å²) in [6, 6.07) is 11.1. The average Bonchev–Trinajstić information content (AvgIpc) is 3.17. The van der Waals surface area contributed by atoms with Gasteiger partial charge in [-0.15, -0.1) is 0 Å². The molecule has 0 radical (unpaired) electrons. The molecule has 3 rings (SSSR count). The Hall–Kier alpha value is -2.60. The minimum absolute atomic E-state index is 0.0105. The van der Waals surface area contributed by atoms with Crippen LogP contribution in [0.1, 0.15) is 22.5 Å². The van der Waals surface area contributed by atoms with Gasteiger partial charge in [0.05, 0.1) is 19.8 Å². The summed E-state index contributed by atoms with van der Waals surface area (Å²) in [4.78, 5) is 26.6. The zero-order valence-electron chi connectivity index (χ0n) is 14.1. The predicted molar refractivity (Wildman–Crippen MR) is 91.9 cm³/mol. The third kappa shape index (κ3) is 4.09. The second-order valence-corrected chi connectivity index (χ2v) is 5.93. The fourth-order valence-corrected chi connectivity index (χ4v) is 2.91. The van der Waals surface area contributed by atoms with E-state index in [1.54, 1.807) is 4.90 Å². The number of hydrogen-bond acceptors (Lipinski definition) is 5. The zero-order valence-corrected chi connectivity index (χ0v) is 14.1. The Bertz CT molecular complexity index is 765. The normalized spacial score (nSPS) is 16.6. The van der Waals surface area contributed by atoms with Crippen molar-refractivity contribution in [3.05, 3.63) is 64.2 Å². The summed E-state index contributed by atoms with van der Waals surface area (Å²) in [6.07, 6.45) is 2.68. The molecule has 0 aliphatic carbocycles. The van der Waals surface area contributed by atoms with E-state index in [-0.39, 0.29) is 28.9 Å². The molecule has 0 bridgehead atoms. The Balaban J connectivity index is 1.79. The third-order valence-corrected chi connectivity index (χ3v) is 4.32. The van der Waals surface area contributed by atoms with Crippen LogP contribution in [0.25, 0.3) is 0 Å². The molecule has 132 valence electrons. The summed E-state index contributed by atoms with van der Waals surface area (Å²) in [6.45, 7) is 1.67. The van der Waals surface area contributed by atoms with Crippen molar-refractivity contribution >= 4 is 5.91 Å². The molecular formula is C19H21NO5. The highest BCUT2D eigenvalue weighted by Crippen LogP contribution is 2.17. The number of nitrogens with zero attached hydrogens (tertiary/aromatic N) is 1. The Morgan fingerprint density at radius 2 is 2.12 bits per heavy atom. The fraction of sp³-hybridized carbons (Fsp3) is 0.368. The lowest BCUT2D eigenvalue weighted by molar-refractivity contribution is 0.0621. The Morgan fingerprint density at radius 1 is 1.32 bits per heavy atom. The van der Waals surface area contributed by atoms with Crippen molar-refractivity contribution in [1.29, 1.82) is 0 Å². The highest BCUT2D eigenvalue weighted by atomic mass is 16.5. The highest BCUT2D eigenvalue weighted by molar-refractivity contribution is 5.91. The van der Waals surface area contributed by atoms with E-state index in [0.29, 0.717) is 19.8 Å². The molecule has 1 aromatic heterocycles. The van der Waals surface area contributed by atoms with E-state index in [0.717, 1.165) is 18.4 Å². The molecule has 1 aliphatic rings. The van der Waals surface area contributed by atoms with E-state index >= 15 is 0 Å². The third-order valence-electron chi connectivity index (χ3n) is 4.32. The van der Waals surface area contributed by atoms with Crippen LogP contribution in [0, 0.1) is 0 Å². The van der Waals surface area contributed by atoms with Crippen molar-refractivity contribution in [3.63, 3.8) is 0 Å².